The number of alkyl halides is 3. The van der Waals surface area contributed by atoms with Gasteiger partial charge >= 0.3 is 6.18 Å². The Morgan fingerprint density at radius 2 is 2.13 bits per heavy atom. The summed E-state index contributed by atoms with van der Waals surface area (Å²) in [6, 6.07) is 1.79. The molecule has 1 amide bonds. The lowest BCUT2D eigenvalue weighted by Crippen LogP contribution is -2.45. The third kappa shape index (κ3) is 4.33. The van der Waals surface area contributed by atoms with Crippen LogP contribution in [0, 0.1) is 5.92 Å². The molecule has 0 spiro atoms. The molecule has 1 unspecified atom stereocenters. The van der Waals surface area contributed by atoms with Crippen LogP contribution in [0.5, 0.6) is 0 Å². The average Bonchev–Trinajstić information content (AvgIpc) is 3.37. The maximum absolute atomic E-state index is 12.2. The standard InChI is InChI=1S/C15H19F3N4O/c16-15(17,18)9-20-14(23)11-2-1-7-22(8-11)12-5-6-19-13(21-12)10-3-4-10/h5-6,10-11H,1-4,7-9H2,(H,20,23). The summed E-state index contributed by atoms with van der Waals surface area (Å²) < 4.78 is 36.6. The van der Waals surface area contributed by atoms with Crippen LogP contribution in [0.1, 0.15) is 37.4 Å². The topological polar surface area (TPSA) is 58.1 Å². The van der Waals surface area contributed by atoms with Crippen molar-refractivity contribution < 1.29 is 18.0 Å². The molecular formula is C15H19F3N4O. The quantitative estimate of drug-likeness (QED) is 0.921. The minimum atomic E-state index is -4.38. The molecule has 23 heavy (non-hydrogen) atoms. The Bertz CT molecular complexity index is 574. The van der Waals surface area contributed by atoms with Crippen molar-refractivity contribution in [2.24, 2.45) is 5.92 Å². The van der Waals surface area contributed by atoms with Crippen LogP contribution in [0.25, 0.3) is 0 Å². The van der Waals surface area contributed by atoms with E-state index >= 15 is 0 Å². The fraction of sp³-hybridized carbons (Fsp3) is 0.667. The van der Waals surface area contributed by atoms with Crippen molar-refractivity contribution in [3.05, 3.63) is 18.1 Å². The van der Waals surface area contributed by atoms with Gasteiger partial charge in [-0.25, -0.2) is 9.97 Å². The minimum Gasteiger partial charge on any atom is -0.356 e. The highest BCUT2D eigenvalue weighted by molar-refractivity contribution is 5.79. The van der Waals surface area contributed by atoms with Gasteiger partial charge in [0, 0.05) is 25.2 Å². The average molecular weight is 328 g/mol. The lowest BCUT2D eigenvalue weighted by molar-refractivity contribution is -0.140. The molecule has 2 heterocycles. The van der Waals surface area contributed by atoms with Crippen LogP contribution < -0.4 is 10.2 Å². The SMILES string of the molecule is O=C(NCC(F)(F)F)C1CCCN(c2ccnc(C3CC3)n2)C1. The van der Waals surface area contributed by atoms with Gasteiger partial charge in [0.2, 0.25) is 5.91 Å². The number of piperidine rings is 1. The van der Waals surface area contributed by atoms with E-state index in [-0.39, 0.29) is 0 Å². The molecule has 1 saturated heterocycles. The lowest BCUT2D eigenvalue weighted by atomic mass is 9.97. The second kappa shape index (κ2) is 6.33. The van der Waals surface area contributed by atoms with Crippen LogP contribution >= 0.6 is 0 Å². The van der Waals surface area contributed by atoms with Crippen molar-refractivity contribution in [2.45, 2.75) is 37.8 Å². The molecule has 2 aliphatic rings. The molecule has 5 nitrogen and oxygen atoms in total. The van der Waals surface area contributed by atoms with Gasteiger partial charge in [-0.15, -0.1) is 0 Å². The molecule has 1 aliphatic carbocycles. The van der Waals surface area contributed by atoms with E-state index < -0.39 is 24.5 Å². The van der Waals surface area contributed by atoms with Crippen molar-refractivity contribution >= 4 is 11.7 Å². The fourth-order valence-corrected chi connectivity index (χ4v) is 2.81. The Kier molecular flexibility index (Phi) is 4.41. The summed E-state index contributed by atoms with van der Waals surface area (Å²) in [7, 11) is 0. The van der Waals surface area contributed by atoms with Crippen molar-refractivity contribution in [1.82, 2.24) is 15.3 Å². The molecule has 1 aromatic heterocycles. The van der Waals surface area contributed by atoms with Gasteiger partial charge < -0.3 is 10.2 Å². The Morgan fingerprint density at radius 1 is 1.35 bits per heavy atom. The van der Waals surface area contributed by atoms with Crippen LogP contribution in [0.4, 0.5) is 19.0 Å². The smallest absolute Gasteiger partial charge is 0.356 e. The Labute approximate surface area is 132 Å². The largest absolute Gasteiger partial charge is 0.405 e. The molecule has 8 heteroatoms. The zero-order chi connectivity index (χ0) is 16.4. The number of carbonyl (C=O) groups is 1. The van der Waals surface area contributed by atoms with Crippen molar-refractivity contribution in [3.63, 3.8) is 0 Å². The number of hydrogen-bond donors (Lipinski definition) is 1. The summed E-state index contributed by atoms with van der Waals surface area (Å²) in [6.45, 7) is -0.128. The van der Waals surface area contributed by atoms with E-state index in [0.29, 0.717) is 18.9 Å². The third-order valence-corrected chi connectivity index (χ3v) is 4.18. The number of nitrogens with one attached hydrogen (secondary N) is 1. The van der Waals surface area contributed by atoms with Gasteiger partial charge in [-0.3, -0.25) is 4.79 Å². The van der Waals surface area contributed by atoms with Crippen LogP contribution in [0.2, 0.25) is 0 Å². The van der Waals surface area contributed by atoms with Crippen LogP contribution in [-0.2, 0) is 4.79 Å². The van der Waals surface area contributed by atoms with E-state index in [2.05, 4.69) is 9.97 Å². The minimum absolute atomic E-state index is 0.394. The van der Waals surface area contributed by atoms with Crippen molar-refractivity contribution in [2.75, 3.05) is 24.5 Å². The first-order chi connectivity index (χ1) is 10.9. The molecular weight excluding hydrogens is 309 g/mol. The van der Waals surface area contributed by atoms with Crippen LogP contribution in [0.15, 0.2) is 12.3 Å². The molecule has 3 rings (SSSR count). The van der Waals surface area contributed by atoms with E-state index in [1.807, 2.05) is 10.2 Å². The summed E-state index contributed by atoms with van der Waals surface area (Å²) in [5.41, 5.74) is 0. The van der Waals surface area contributed by atoms with E-state index in [0.717, 1.165) is 37.4 Å². The number of hydrogen-bond acceptors (Lipinski definition) is 4. The highest BCUT2D eigenvalue weighted by Gasteiger charge is 2.32. The molecule has 1 aromatic rings. The van der Waals surface area contributed by atoms with Crippen molar-refractivity contribution in [3.8, 4) is 0 Å². The number of aromatic nitrogens is 2. The lowest BCUT2D eigenvalue weighted by Gasteiger charge is -2.33. The first-order valence-corrected chi connectivity index (χ1v) is 7.85. The molecule has 0 radical (unpaired) electrons. The molecule has 1 N–H and O–H groups in total. The van der Waals surface area contributed by atoms with Gasteiger partial charge in [-0.05, 0) is 31.7 Å². The molecule has 2 fully saturated rings. The number of amides is 1. The number of anilines is 1. The summed E-state index contributed by atoms with van der Waals surface area (Å²) >= 11 is 0. The number of carbonyl (C=O) groups excluding carboxylic acids is 1. The molecule has 1 atom stereocenters. The van der Waals surface area contributed by atoms with Gasteiger partial charge in [-0.2, -0.15) is 13.2 Å². The highest BCUT2D eigenvalue weighted by atomic mass is 19.4. The van der Waals surface area contributed by atoms with Gasteiger partial charge in [0.25, 0.3) is 0 Å². The van der Waals surface area contributed by atoms with Crippen molar-refractivity contribution in [1.29, 1.82) is 0 Å². The summed E-state index contributed by atoms with van der Waals surface area (Å²) in [4.78, 5) is 22.7. The van der Waals surface area contributed by atoms with Gasteiger partial charge in [0.15, 0.2) is 0 Å². The Morgan fingerprint density at radius 3 is 2.83 bits per heavy atom. The summed E-state index contributed by atoms with van der Waals surface area (Å²) in [5.74, 6) is 1.04. The summed E-state index contributed by atoms with van der Waals surface area (Å²) in [5, 5.41) is 1.98. The first-order valence-electron chi connectivity index (χ1n) is 7.85. The van der Waals surface area contributed by atoms with Gasteiger partial charge in [-0.1, -0.05) is 0 Å². The molecule has 126 valence electrons. The predicted octanol–water partition coefficient (Wildman–Crippen LogP) is 2.25. The van der Waals surface area contributed by atoms with E-state index in [9.17, 15) is 18.0 Å². The van der Waals surface area contributed by atoms with E-state index in [1.165, 1.54) is 0 Å². The van der Waals surface area contributed by atoms with Gasteiger partial charge in [0.05, 0.1) is 5.92 Å². The summed E-state index contributed by atoms with van der Waals surface area (Å²) in [6.07, 6.45) is 0.893. The molecule has 0 bridgehead atoms. The van der Waals surface area contributed by atoms with Crippen LogP contribution in [-0.4, -0.2) is 41.7 Å². The normalized spacial score (nSPS) is 22.0. The highest BCUT2D eigenvalue weighted by Crippen LogP contribution is 2.38. The molecule has 1 saturated carbocycles. The number of halogens is 3. The number of nitrogens with zero attached hydrogens (tertiary/aromatic N) is 3. The molecule has 1 aliphatic heterocycles. The zero-order valence-corrected chi connectivity index (χ0v) is 12.6. The molecule has 0 aromatic carbocycles. The van der Waals surface area contributed by atoms with E-state index in [4.69, 9.17) is 0 Å². The second-order valence-electron chi connectivity index (χ2n) is 6.17. The maximum atomic E-state index is 12.2. The first kappa shape index (κ1) is 16.0. The Balaban J connectivity index is 1.61. The Hall–Kier alpha value is -1.86. The van der Waals surface area contributed by atoms with Crippen LogP contribution in [0.3, 0.4) is 0 Å². The predicted molar refractivity (Wildman–Crippen MR) is 78.0 cm³/mol. The monoisotopic (exact) mass is 328 g/mol. The zero-order valence-electron chi connectivity index (χ0n) is 12.6. The second-order valence-corrected chi connectivity index (χ2v) is 6.17. The van der Waals surface area contributed by atoms with Gasteiger partial charge in [0.1, 0.15) is 18.2 Å². The fourth-order valence-electron chi connectivity index (χ4n) is 2.81. The third-order valence-electron chi connectivity index (χ3n) is 4.18. The maximum Gasteiger partial charge on any atom is 0.405 e. The number of rotatable bonds is 4. The van der Waals surface area contributed by atoms with E-state index in [1.54, 1.807) is 12.3 Å².